The molecule has 1 aliphatic carbocycles. The highest BCUT2D eigenvalue weighted by Gasteiger charge is 2.33. The summed E-state index contributed by atoms with van der Waals surface area (Å²) in [6.07, 6.45) is 7.82. The molecule has 2 N–H and O–H groups in total. The van der Waals surface area contributed by atoms with Crippen molar-refractivity contribution < 1.29 is 9.53 Å². The molecule has 1 saturated heterocycles. The third kappa shape index (κ3) is 4.48. The van der Waals surface area contributed by atoms with E-state index in [9.17, 15) is 9.59 Å². The van der Waals surface area contributed by atoms with E-state index >= 15 is 0 Å². The smallest absolute Gasteiger partial charge is 0.315 e. The maximum atomic E-state index is 12.6. The second kappa shape index (κ2) is 8.65. The quantitative estimate of drug-likeness (QED) is 0.769. The number of carbonyl (C=O) groups excluding carboxylic acids is 1. The molecule has 2 unspecified atom stereocenters. The predicted molar refractivity (Wildman–Crippen MR) is 105 cm³/mol. The van der Waals surface area contributed by atoms with Crippen LogP contribution in [0.25, 0.3) is 0 Å². The van der Waals surface area contributed by atoms with Gasteiger partial charge in [-0.2, -0.15) is 16.9 Å². The molecule has 2 aliphatic heterocycles. The summed E-state index contributed by atoms with van der Waals surface area (Å²) in [5.74, 6) is 1.88. The Bertz CT molecular complexity index is 730. The van der Waals surface area contributed by atoms with Crippen molar-refractivity contribution in [2.45, 2.75) is 68.8 Å². The van der Waals surface area contributed by atoms with Gasteiger partial charge >= 0.3 is 6.03 Å². The van der Waals surface area contributed by atoms with Crippen LogP contribution in [0.2, 0.25) is 0 Å². The van der Waals surface area contributed by atoms with Gasteiger partial charge in [-0.3, -0.25) is 4.79 Å². The average Bonchev–Trinajstić information content (AvgIpc) is 2.95. The SMILES string of the molecule is O=C(NC1CCCCCC1)NC1COCC1n1nc2c(cc1=O)CSCC2. The number of aryl methyl sites for hydroxylation is 1. The van der Waals surface area contributed by atoms with Gasteiger partial charge in [0.2, 0.25) is 0 Å². The number of rotatable bonds is 3. The Morgan fingerprint density at radius 2 is 2.00 bits per heavy atom. The van der Waals surface area contributed by atoms with Gasteiger partial charge in [0.1, 0.15) is 6.04 Å². The zero-order valence-electron chi connectivity index (χ0n) is 15.6. The highest BCUT2D eigenvalue weighted by atomic mass is 32.2. The standard InChI is InChI=1S/C19H28N4O3S/c24-18-9-13-12-27-8-7-15(13)22-23(18)17-11-26-10-16(17)21-19(25)20-14-5-3-1-2-4-6-14/h9,14,16-17H,1-8,10-12H2,(H2,20,21,25). The van der Waals surface area contributed by atoms with Crippen LogP contribution < -0.4 is 16.2 Å². The molecule has 0 bridgehead atoms. The van der Waals surface area contributed by atoms with Crippen molar-refractivity contribution in [3.63, 3.8) is 0 Å². The molecule has 2 amide bonds. The molecule has 0 radical (unpaired) electrons. The van der Waals surface area contributed by atoms with Crippen LogP contribution in [0.5, 0.6) is 0 Å². The van der Waals surface area contributed by atoms with Gasteiger partial charge in [-0.25, -0.2) is 9.48 Å². The molecule has 0 spiro atoms. The van der Waals surface area contributed by atoms with Gasteiger partial charge in [0.25, 0.3) is 5.56 Å². The summed E-state index contributed by atoms with van der Waals surface area (Å²) in [6, 6.07) is 1.30. The molecule has 2 fully saturated rings. The van der Waals surface area contributed by atoms with E-state index in [1.54, 1.807) is 6.07 Å². The Kier molecular flexibility index (Phi) is 6.02. The molecule has 1 aromatic rings. The van der Waals surface area contributed by atoms with Gasteiger partial charge in [-0.1, -0.05) is 25.7 Å². The molecule has 3 heterocycles. The van der Waals surface area contributed by atoms with Crippen molar-refractivity contribution >= 4 is 17.8 Å². The van der Waals surface area contributed by atoms with Gasteiger partial charge < -0.3 is 15.4 Å². The van der Waals surface area contributed by atoms with Crippen LogP contribution in [0.3, 0.4) is 0 Å². The van der Waals surface area contributed by atoms with Gasteiger partial charge in [0, 0.05) is 24.3 Å². The maximum Gasteiger partial charge on any atom is 0.315 e. The second-order valence-electron chi connectivity index (χ2n) is 7.72. The first-order valence-electron chi connectivity index (χ1n) is 10.0. The van der Waals surface area contributed by atoms with Crippen LogP contribution >= 0.6 is 11.8 Å². The van der Waals surface area contributed by atoms with Crippen molar-refractivity contribution in [1.82, 2.24) is 20.4 Å². The maximum absolute atomic E-state index is 12.6. The molecular formula is C19H28N4O3S. The van der Waals surface area contributed by atoms with E-state index in [1.165, 1.54) is 30.4 Å². The van der Waals surface area contributed by atoms with E-state index in [1.807, 2.05) is 11.8 Å². The van der Waals surface area contributed by atoms with Gasteiger partial charge in [0.15, 0.2) is 0 Å². The Labute approximate surface area is 163 Å². The van der Waals surface area contributed by atoms with Crippen LogP contribution in [-0.4, -0.2) is 46.9 Å². The van der Waals surface area contributed by atoms with Gasteiger partial charge in [0.05, 0.1) is 24.9 Å². The van der Waals surface area contributed by atoms with E-state index in [-0.39, 0.29) is 29.7 Å². The summed E-state index contributed by atoms with van der Waals surface area (Å²) in [7, 11) is 0. The summed E-state index contributed by atoms with van der Waals surface area (Å²) in [5, 5.41) is 10.7. The van der Waals surface area contributed by atoms with Crippen LogP contribution in [-0.2, 0) is 16.9 Å². The first kappa shape index (κ1) is 18.8. The fourth-order valence-corrected chi connectivity index (χ4v) is 5.16. The highest BCUT2D eigenvalue weighted by Crippen LogP contribution is 2.23. The van der Waals surface area contributed by atoms with E-state index in [0.29, 0.717) is 13.2 Å². The molecule has 0 aromatic carbocycles. The Hall–Kier alpha value is -1.54. The van der Waals surface area contributed by atoms with E-state index in [0.717, 1.165) is 42.0 Å². The number of urea groups is 1. The molecule has 1 saturated carbocycles. The number of ether oxygens (including phenoxy) is 1. The lowest BCUT2D eigenvalue weighted by atomic mass is 10.1. The third-order valence-corrected chi connectivity index (χ3v) is 6.74. The monoisotopic (exact) mass is 392 g/mol. The third-order valence-electron chi connectivity index (χ3n) is 5.73. The minimum atomic E-state index is -0.253. The summed E-state index contributed by atoms with van der Waals surface area (Å²) in [6.45, 7) is 0.804. The molecule has 7 nitrogen and oxygen atoms in total. The fourth-order valence-electron chi connectivity index (χ4n) is 4.21. The summed E-state index contributed by atoms with van der Waals surface area (Å²) < 4.78 is 7.11. The van der Waals surface area contributed by atoms with E-state index < -0.39 is 0 Å². The zero-order chi connectivity index (χ0) is 18.6. The Morgan fingerprint density at radius 3 is 2.81 bits per heavy atom. The Morgan fingerprint density at radius 1 is 1.19 bits per heavy atom. The van der Waals surface area contributed by atoms with Crippen molar-refractivity contribution in [1.29, 1.82) is 0 Å². The summed E-state index contributed by atoms with van der Waals surface area (Å²) >= 11 is 1.83. The number of nitrogens with zero attached hydrogens (tertiary/aromatic N) is 2. The molecule has 27 heavy (non-hydrogen) atoms. The minimum Gasteiger partial charge on any atom is -0.377 e. The number of fused-ring (bicyclic) bond motifs is 1. The molecule has 8 heteroatoms. The highest BCUT2D eigenvalue weighted by molar-refractivity contribution is 7.98. The second-order valence-corrected chi connectivity index (χ2v) is 8.82. The fraction of sp³-hybridized carbons (Fsp3) is 0.737. The number of hydrogen-bond acceptors (Lipinski definition) is 5. The van der Waals surface area contributed by atoms with Crippen molar-refractivity contribution in [3.8, 4) is 0 Å². The first-order chi connectivity index (χ1) is 13.2. The van der Waals surface area contributed by atoms with Gasteiger partial charge in [-0.05, 0) is 24.2 Å². The van der Waals surface area contributed by atoms with Crippen molar-refractivity contribution in [3.05, 3.63) is 27.7 Å². The molecule has 1 aromatic heterocycles. The summed E-state index contributed by atoms with van der Waals surface area (Å²) in [5.41, 5.74) is 1.94. The lowest BCUT2D eigenvalue weighted by Gasteiger charge is -2.24. The predicted octanol–water partition coefficient (Wildman–Crippen LogP) is 1.99. The zero-order valence-corrected chi connectivity index (χ0v) is 16.4. The van der Waals surface area contributed by atoms with Crippen LogP contribution in [0.1, 0.15) is 55.8 Å². The van der Waals surface area contributed by atoms with Crippen molar-refractivity contribution in [2.24, 2.45) is 0 Å². The number of thioether (sulfide) groups is 1. The average molecular weight is 393 g/mol. The molecule has 3 aliphatic rings. The number of carbonyl (C=O) groups is 1. The van der Waals surface area contributed by atoms with E-state index in [4.69, 9.17) is 4.74 Å². The van der Waals surface area contributed by atoms with Crippen molar-refractivity contribution in [2.75, 3.05) is 19.0 Å². The van der Waals surface area contributed by atoms with Crippen LogP contribution in [0.4, 0.5) is 4.79 Å². The van der Waals surface area contributed by atoms with Crippen LogP contribution in [0, 0.1) is 0 Å². The molecular weight excluding hydrogens is 364 g/mol. The molecule has 4 rings (SSSR count). The number of amides is 2. The number of hydrogen-bond donors (Lipinski definition) is 2. The summed E-state index contributed by atoms with van der Waals surface area (Å²) in [4.78, 5) is 25.1. The Balaban J connectivity index is 1.43. The van der Waals surface area contributed by atoms with Gasteiger partial charge in [-0.15, -0.1) is 0 Å². The van der Waals surface area contributed by atoms with E-state index in [2.05, 4.69) is 15.7 Å². The molecule has 148 valence electrons. The lowest BCUT2D eigenvalue weighted by molar-refractivity contribution is 0.180. The minimum absolute atomic E-state index is 0.109. The lowest BCUT2D eigenvalue weighted by Crippen LogP contribution is -2.50. The number of nitrogens with one attached hydrogen (secondary N) is 2. The normalized spacial score (nSPS) is 26.2. The largest absolute Gasteiger partial charge is 0.377 e. The topological polar surface area (TPSA) is 85.2 Å². The van der Waals surface area contributed by atoms with Crippen LogP contribution in [0.15, 0.2) is 10.9 Å². The molecule has 2 atom stereocenters. The first-order valence-corrected chi connectivity index (χ1v) is 11.2. The number of aromatic nitrogens is 2.